The molecule has 1 heterocycles. The van der Waals surface area contributed by atoms with E-state index < -0.39 is 5.60 Å². The Kier molecular flexibility index (Phi) is 3.79. The van der Waals surface area contributed by atoms with Crippen LogP contribution in [0.4, 0.5) is 4.79 Å². The first kappa shape index (κ1) is 14.2. The summed E-state index contributed by atoms with van der Waals surface area (Å²) in [6, 6.07) is 0. The van der Waals surface area contributed by atoms with Crippen molar-refractivity contribution in [1.29, 1.82) is 0 Å². The molecular formula is C15H25NO3. The predicted octanol–water partition coefficient (Wildman–Crippen LogP) is 3.18. The zero-order chi connectivity index (χ0) is 14.1. The minimum atomic E-state index is -0.407. The minimum absolute atomic E-state index is 0.174. The van der Waals surface area contributed by atoms with E-state index in [4.69, 9.17) is 9.47 Å². The molecule has 0 aromatic heterocycles. The molecule has 4 heteroatoms. The zero-order valence-corrected chi connectivity index (χ0v) is 12.4. The van der Waals surface area contributed by atoms with E-state index in [-0.39, 0.29) is 6.09 Å². The van der Waals surface area contributed by atoms with Crippen LogP contribution >= 0.6 is 0 Å². The van der Waals surface area contributed by atoms with Crippen LogP contribution in [-0.4, -0.2) is 36.8 Å². The van der Waals surface area contributed by atoms with Crippen molar-refractivity contribution in [2.75, 3.05) is 20.2 Å². The van der Waals surface area contributed by atoms with Gasteiger partial charge in [-0.25, -0.2) is 4.79 Å². The van der Waals surface area contributed by atoms with Crippen LogP contribution in [0.15, 0.2) is 12.3 Å². The van der Waals surface area contributed by atoms with Crippen LogP contribution in [0.1, 0.15) is 40.0 Å². The minimum Gasteiger partial charge on any atom is -0.505 e. The van der Waals surface area contributed by atoms with Gasteiger partial charge in [0.15, 0.2) is 0 Å². The van der Waals surface area contributed by atoms with Crippen molar-refractivity contribution in [2.24, 2.45) is 11.3 Å². The number of allylic oxidation sites excluding steroid dienone is 1. The summed E-state index contributed by atoms with van der Waals surface area (Å²) in [5, 5.41) is 0. The van der Waals surface area contributed by atoms with E-state index in [2.05, 4.69) is 6.08 Å². The largest absolute Gasteiger partial charge is 0.505 e. The van der Waals surface area contributed by atoms with Gasteiger partial charge in [-0.1, -0.05) is 0 Å². The third-order valence-corrected chi connectivity index (χ3v) is 4.11. The monoisotopic (exact) mass is 267 g/mol. The van der Waals surface area contributed by atoms with Crippen LogP contribution in [0.2, 0.25) is 0 Å². The lowest BCUT2D eigenvalue weighted by Crippen LogP contribution is -2.42. The molecule has 1 saturated heterocycles. The highest BCUT2D eigenvalue weighted by atomic mass is 16.6. The van der Waals surface area contributed by atoms with E-state index in [0.29, 0.717) is 11.3 Å². The summed E-state index contributed by atoms with van der Waals surface area (Å²) >= 11 is 0. The van der Waals surface area contributed by atoms with Crippen LogP contribution < -0.4 is 0 Å². The van der Waals surface area contributed by atoms with Gasteiger partial charge in [0.05, 0.1) is 13.4 Å². The topological polar surface area (TPSA) is 38.8 Å². The van der Waals surface area contributed by atoms with Crippen molar-refractivity contribution in [3.63, 3.8) is 0 Å². The van der Waals surface area contributed by atoms with Crippen molar-refractivity contribution in [2.45, 2.75) is 45.6 Å². The average molecular weight is 267 g/mol. The summed E-state index contributed by atoms with van der Waals surface area (Å²) in [6.45, 7) is 7.34. The number of nitrogens with zero attached hydrogens (tertiary/aromatic N) is 1. The second-order valence-electron chi connectivity index (χ2n) is 6.70. The maximum Gasteiger partial charge on any atom is 0.410 e. The number of rotatable bonds is 2. The van der Waals surface area contributed by atoms with Gasteiger partial charge in [-0.05, 0) is 57.4 Å². The third-order valence-electron chi connectivity index (χ3n) is 4.11. The molecule has 2 rings (SSSR count). The molecule has 0 bridgehead atoms. The quantitative estimate of drug-likeness (QED) is 0.721. The van der Waals surface area contributed by atoms with Gasteiger partial charge in [0.2, 0.25) is 0 Å². The molecule has 0 aromatic rings. The van der Waals surface area contributed by atoms with Crippen molar-refractivity contribution in [1.82, 2.24) is 4.90 Å². The molecule has 2 fully saturated rings. The van der Waals surface area contributed by atoms with Gasteiger partial charge < -0.3 is 14.4 Å². The molecule has 108 valence electrons. The maximum absolute atomic E-state index is 12.0. The Morgan fingerprint density at radius 1 is 1.32 bits per heavy atom. The summed E-state index contributed by atoms with van der Waals surface area (Å²) in [5.41, 5.74) is 0.0169. The van der Waals surface area contributed by atoms with E-state index in [1.165, 1.54) is 6.42 Å². The van der Waals surface area contributed by atoms with E-state index in [1.807, 2.05) is 25.7 Å². The smallest absolute Gasteiger partial charge is 0.410 e. The Morgan fingerprint density at radius 2 is 1.95 bits per heavy atom. The van der Waals surface area contributed by atoms with Gasteiger partial charge in [-0.2, -0.15) is 0 Å². The molecule has 19 heavy (non-hydrogen) atoms. The maximum atomic E-state index is 12.0. The van der Waals surface area contributed by atoms with Crippen molar-refractivity contribution in [3.8, 4) is 0 Å². The van der Waals surface area contributed by atoms with Crippen LogP contribution in [0.3, 0.4) is 0 Å². The lowest BCUT2D eigenvalue weighted by Gasteiger charge is -2.34. The molecule has 1 unspecified atom stereocenters. The molecular weight excluding hydrogens is 242 g/mol. The Balaban J connectivity index is 1.81. The Morgan fingerprint density at radius 3 is 2.47 bits per heavy atom. The first-order chi connectivity index (χ1) is 8.86. The lowest BCUT2D eigenvalue weighted by molar-refractivity contribution is 0.0168. The van der Waals surface area contributed by atoms with Crippen LogP contribution in [-0.2, 0) is 9.47 Å². The summed E-state index contributed by atoms with van der Waals surface area (Å²) in [7, 11) is 1.68. The van der Waals surface area contributed by atoms with Crippen LogP contribution in [0, 0.1) is 11.3 Å². The molecule has 4 nitrogen and oxygen atoms in total. The van der Waals surface area contributed by atoms with E-state index in [1.54, 1.807) is 13.4 Å². The number of hydrogen-bond acceptors (Lipinski definition) is 3. The molecule has 0 radical (unpaired) electrons. The van der Waals surface area contributed by atoms with E-state index in [9.17, 15) is 4.79 Å². The second-order valence-corrected chi connectivity index (χ2v) is 6.70. The predicted molar refractivity (Wildman–Crippen MR) is 73.7 cm³/mol. The van der Waals surface area contributed by atoms with Gasteiger partial charge in [0, 0.05) is 13.1 Å². The molecule has 1 saturated carbocycles. The number of carbonyl (C=O) groups is 1. The van der Waals surface area contributed by atoms with Gasteiger partial charge in [0.1, 0.15) is 5.60 Å². The molecule has 1 aliphatic heterocycles. The highest BCUT2D eigenvalue weighted by Crippen LogP contribution is 2.60. The number of likely N-dealkylation sites (tertiary alicyclic amines) is 1. The fourth-order valence-electron chi connectivity index (χ4n) is 2.86. The SMILES string of the molecule is COC=CC1CC12CCN(C(=O)OC(C)(C)C)CC2. The van der Waals surface area contributed by atoms with Gasteiger partial charge in [0.25, 0.3) is 0 Å². The number of piperidine rings is 1. The Bertz CT molecular complexity index is 362. The van der Waals surface area contributed by atoms with Gasteiger partial charge >= 0.3 is 6.09 Å². The number of hydrogen-bond donors (Lipinski definition) is 0. The number of ether oxygens (including phenoxy) is 2. The summed E-state index contributed by atoms with van der Waals surface area (Å²) in [6.07, 6.45) is 7.14. The molecule has 0 aromatic carbocycles. The molecule has 1 aliphatic carbocycles. The highest BCUT2D eigenvalue weighted by molar-refractivity contribution is 5.68. The number of amides is 1. The average Bonchev–Trinajstić information content (AvgIpc) is 2.98. The van der Waals surface area contributed by atoms with Gasteiger partial charge in [-0.15, -0.1) is 0 Å². The summed E-state index contributed by atoms with van der Waals surface area (Å²) in [5.74, 6) is 0.633. The van der Waals surface area contributed by atoms with Crippen molar-refractivity contribution in [3.05, 3.63) is 12.3 Å². The zero-order valence-electron chi connectivity index (χ0n) is 12.4. The third kappa shape index (κ3) is 3.43. The fourth-order valence-corrected chi connectivity index (χ4v) is 2.86. The second kappa shape index (κ2) is 5.06. The Hall–Kier alpha value is -1.19. The highest BCUT2D eigenvalue weighted by Gasteiger charge is 2.53. The van der Waals surface area contributed by atoms with E-state index >= 15 is 0 Å². The molecule has 1 atom stereocenters. The summed E-state index contributed by atoms with van der Waals surface area (Å²) in [4.78, 5) is 13.8. The first-order valence-corrected chi connectivity index (χ1v) is 7.04. The lowest BCUT2D eigenvalue weighted by atomic mass is 9.91. The number of carbonyl (C=O) groups excluding carboxylic acids is 1. The number of methoxy groups -OCH3 is 1. The van der Waals surface area contributed by atoms with Gasteiger partial charge in [-0.3, -0.25) is 0 Å². The molecule has 1 spiro atoms. The molecule has 2 aliphatic rings. The van der Waals surface area contributed by atoms with Crippen molar-refractivity contribution < 1.29 is 14.3 Å². The normalized spacial score (nSPS) is 25.7. The first-order valence-electron chi connectivity index (χ1n) is 7.04. The standard InChI is InChI=1S/C15H25NO3/c1-14(2,3)19-13(17)16-8-6-15(7-9-16)11-12(15)5-10-18-4/h5,10,12H,6-9,11H2,1-4H3. The Labute approximate surface area is 115 Å². The van der Waals surface area contributed by atoms with E-state index in [0.717, 1.165) is 25.9 Å². The molecule has 0 N–H and O–H groups in total. The van der Waals surface area contributed by atoms with Crippen molar-refractivity contribution >= 4 is 6.09 Å². The molecule has 1 amide bonds. The fraction of sp³-hybridized carbons (Fsp3) is 0.800. The summed E-state index contributed by atoms with van der Waals surface area (Å²) < 4.78 is 10.4. The van der Waals surface area contributed by atoms with Crippen LogP contribution in [0.25, 0.3) is 0 Å². The van der Waals surface area contributed by atoms with Crippen LogP contribution in [0.5, 0.6) is 0 Å².